The number of likely N-dealkylation sites (N-methyl/N-ethyl adjacent to an activating group) is 1. The van der Waals surface area contributed by atoms with Gasteiger partial charge in [0.25, 0.3) is 5.91 Å². The minimum absolute atomic E-state index is 0.140. The molecule has 0 aliphatic heterocycles. The molecule has 5 heteroatoms. The van der Waals surface area contributed by atoms with E-state index in [4.69, 9.17) is 14.2 Å². The summed E-state index contributed by atoms with van der Waals surface area (Å²) < 4.78 is 16.0. The number of hydrogen-bond donors (Lipinski definition) is 0. The van der Waals surface area contributed by atoms with E-state index in [0.29, 0.717) is 30.0 Å². The molecule has 0 aromatic heterocycles. The van der Waals surface area contributed by atoms with Crippen LogP contribution in [0, 0.1) is 0 Å². The van der Waals surface area contributed by atoms with Crippen LogP contribution in [0.5, 0.6) is 17.2 Å². The summed E-state index contributed by atoms with van der Waals surface area (Å²) in [6, 6.07) is 13.1. The molecule has 2 rings (SSSR count). The van der Waals surface area contributed by atoms with E-state index in [1.165, 1.54) is 0 Å². The molecule has 0 atom stereocenters. The fourth-order valence-electron chi connectivity index (χ4n) is 2.55. The number of para-hydroxylation sites is 1. The van der Waals surface area contributed by atoms with E-state index in [2.05, 4.69) is 0 Å². The summed E-state index contributed by atoms with van der Waals surface area (Å²) >= 11 is 0. The number of methoxy groups -OCH3 is 3. The predicted molar refractivity (Wildman–Crippen MR) is 93.2 cm³/mol. The van der Waals surface area contributed by atoms with E-state index in [-0.39, 0.29) is 5.91 Å². The van der Waals surface area contributed by atoms with Crippen molar-refractivity contribution in [2.24, 2.45) is 0 Å². The third-order valence-electron chi connectivity index (χ3n) is 3.90. The summed E-state index contributed by atoms with van der Waals surface area (Å²) in [5, 5.41) is 0. The van der Waals surface area contributed by atoms with Crippen LogP contribution < -0.4 is 14.2 Å². The van der Waals surface area contributed by atoms with Gasteiger partial charge < -0.3 is 19.1 Å². The number of amides is 1. The summed E-state index contributed by atoms with van der Waals surface area (Å²) in [4.78, 5) is 14.5. The lowest BCUT2D eigenvalue weighted by Gasteiger charge is -2.20. The van der Waals surface area contributed by atoms with Gasteiger partial charge in [-0.25, -0.2) is 0 Å². The first-order chi connectivity index (χ1) is 11.6. The smallest absolute Gasteiger partial charge is 0.261 e. The van der Waals surface area contributed by atoms with Crippen LogP contribution in [-0.2, 0) is 6.42 Å². The Kier molecular flexibility index (Phi) is 6.07. The quantitative estimate of drug-likeness (QED) is 0.783. The molecule has 0 heterocycles. The van der Waals surface area contributed by atoms with Crippen molar-refractivity contribution in [3.05, 3.63) is 53.6 Å². The van der Waals surface area contributed by atoms with E-state index < -0.39 is 0 Å². The molecule has 2 aromatic rings. The molecular formula is C19H23NO4. The normalized spacial score (nSPS) is 10.2. The van der Waals surface area contributed by atoms with E-state index in [0.717, 1.165) is 11.3 Å². The number of rotatable bonds is 7. The van der Waals surface area contributed by atoms with Crippen LogP contribution in [0.3, 0.4) is 0 Å². The van der Waals surface area contributed by atoms with Crippen LogP contribution >= 0.6 is 0 Å². The molecule has 0 aliphatic rings. The molecular weight excluding hydrogens is 306 g/mol. The Bertz CT molecular complexity index is 677. The summed E-state index contributed by atoms with van der Waals surface area (Å²) in [5.74, 6) is 1.69. The molecule has 5 nitrogen and oxygen atoms in total. The number of hydrogen-bond acceptors (Lipinski definition) is 4. The van der Waals surface area contributed by atoms with Gasteiger partial charge in [0, 0.05) is 13.6 Å². The lowest BCUT2D eigenvalue weighted by Crippen LogP contribution is -2.29. The maximum atomic E-state index is 12.8. The first-order valence-electron chi connectivity index (χ1n) is 7.70. The second kappa shape index (κ2) is 8.24. The van der Waals surface area contributed by atoms with Crippen LogP contribution in [-0.4, -0.2) is 45.7 Å². The van der Waals surface area contributed by atoms with Gasteiger partial charge in [0.1, 0.15) is 22.8 Å². The highest BCUT2D eigenvalue weighted by Crippen LogP contribution is 2.29. The second-order valence-corrected chi connectivity index (χ2v) is 5.33. The van der Waals surface area contributed by atoms with Crippen molar-refractivity contribution in [3.63, 3.8) is 0 Å². The first kappa shape index (κ1) is 17.7. The molecule has 0 radical (unpaired) electrons. The molecule has 1 amide bonds. The minimum atomic E-state index is -0.140. The van der Waals surface area contributed by atoms with Crippen LogP contribution in [0.2, 0.25) is 0 Å². The zero-order valence-corrected chi connectivity index (χ0v) is 14.5. The second-order valence-electron chi connectivity index (χ2n) is 5.33. The fourth-order valence-corrected chi connectivity index (χ4v) is 2.55. The summed E-state index contributed by atoms with van der Waals surface area (Å²) in [5.41, 5.74) is 1.50. The van der Waals surface area contributed by atoms with Gasteiger partial charge in [-0.05, 0) is 30.2 Å². The SMILES string of the molecule is COc1ccccc1CCN(C)C(=O)c1c(OC)cccc1OC. The number of carbonyl (C=O) groups excluding carboxylic acids is 1. The Labute approximate surface area is 142 Å². The highest BCUT2D eigenvalue weighted by Gasteiger charge is 2.21. The molecule has 0 bridgehead atoms. The minimum Gasteiger partial charge on any atom is -0.496 e. The Morgan fingerprint density at radius 2 is 1.42 bits per heavy atom. The zero-order valence-electron chi connectivity index (χ0n) is 14.5. The Morgan fingerprint density at radius 1 is 0.875 bits per heavy atom. The lowest BCUT2D eigenvalue weighted by molar-refractivity contribution is 0.0789. The summed E-state index contributed by atoms with van der Waals surface area (Å²) in [6.45, 7) is 0.556. The molecule has 0 saturated heterocycles. The molecule has 0 saturated carbocycles. The van der Waals surface area contributed by atoms with Crippen LogP contribution in [0.25, 0.3) is 0 Å². The molecule has 0 N–H and O–H groups in total. The number of benzene rings is 2. The Balaban J connectivity index is 2.16. The fraction of sp³-hybridized carbons (Fsp3) is 0.316. The average Bonchev–Trinajstić information content (AvgIpc) is 2.64. The molecule has 128 valence electrons. The summed E-state index contributed by atoms with van der Waals surface area (Å²) in [6.07, 6.45) is 0.698. The molecule has 0 fully saturated rings. The van der Waals surface area contributed by atoms with Crippen molar-refractivity contribution in [1.29, 1.82) is 0 Å². The third-order valence-corrected chi connectivity index (χ3v) is 3.90. The van der Waals surface area contributed by atoms with Gasteiger partial charge in [-0.3, -0.25) is 4.79 Å². The van der Waals surface area contributed by atoms with Crippen molar-refractivity contribution < 1.29 is 19.0 Å². The first-order valence-corrected chi connectivity index (χ1v) is 7.70. The van der Waals surface area contributed by atoms with Gasteiger partial charge in [0.05, 0.1) is 21.3 Å². The number of ether oxygens (including phenoxy) is 3. The van der Waals surface area contributed by atoms with E-state index in [9.17, 15) is 4.79 Å². The number of nitrogens with zero attached hydrogens (tertiary/aromatic N) is 1. The maximum absolute atomic E-state index is 12.8. The number of carbonyl (C=O) groups is 1. The molecule has 2 aromatic carbocycles. The Hall–Kier alpha value is -2.69. The molecule has 0 unspecified atom stereocenters. The van der Waals surface area contributed by atoms with E-state index in [1.54, 1.807) is 51.5 Å². The molecule has 0 spiro atoms. The van der Waals surface area contributed by atoms with Crippen LogP contribution in [0.15, 0.2) is 42.5 Å². The van der Waals surface area contributed by atoms with E-state index >= 15 is 0 Å². The topological polar surface area (TPSA) is 48.0 Å². The van der Waals surface area contributed by atoms with Crippen LogP contribution in [0.1, 0.15) is 15.9 Å². The van der Waals surface area contributed by atoms with Gasteiger partial charge >= 0.3 is 0 Å². The van der Waals surface area contributed by atoms with Crippen molar-refractivity contribution in [2.75, 3.05) is 34.9 Å². The highest BCUT2D eigenvalue weighted by atomic mass is 16.5. The monoisotopic (exact) mass is 329 g/mol. The summed E-state index contributed by atoms with van der Waals surface area (Å²) in [7, 11) is 6.50. The average molecular weight is 329 g/mol. The Morgan fingerprint density at radius 3 is 2.00 bits per heavy atom. The van der Waals surface area contributed by atoms with Gasteiger partial charge in [-0.15, -0.1) is 0 Å². The van der Waals surface area contributed by atoms with Gasteiger partial charge in [0.15, 0.2) is 0 Å². The predicted octanol–water partition coefficient (Wildman–Crippen LogP) is 3.03. The zero-order chi connectivity index (χ0) is 17.5. The third kappa shape index (κ3) is 3.79. The van der Waals surface area contributed by atoms with E-state index in [1.807, 2.05) is 24.3 Å². The highest BCUT2D eigenvalue weighted by molar-refractivity contribution is 5.99. The van der Waals surface area contributed by atoms with Crippen LogP contribution in [0.4, 0.5) is 0 Å². The van der Waals surface area contributed by atoms with Crippen molar-refractivity contribution in [1.82, 2.24) is 4.90 Å². The van der Waals surface area contributed by atoms with Crippen molar-refractivity contribution in [3.8, 4) is 17.2 Å². The maximum Gasteiger partial charge on any atom is 0.261 e. The standard InChI is InChI=1S/C19H23NO4/c1-20(13-12-14-8-5-6-9-15(14)22-2)19(21)18-16(23-3)10-7-11-17(18)24-4/h5-11H,12-13H2,1-4H3. The van der Waals surface area contributed by atoms with Gasteiger partial charge in [-0.2, -0.15) is 0 Å². The largest absolute Gasteiger partial charge is 0.496 e. The van der Waals surface area contributed by atoms with Crippen molar-refractivity contribution >= 4 is 5.91 Å². The van der Waals surface area contributed by atoms with Crippen molar-refractivity contribution in [2.45, 2.75) is 6.42 Å². The lowest BCUT2D eigenvalue weighted by atomic mass is 10.1. The van der Waals surface area contributed by atoms with Gasteiger partial charge in [0.2, 0.25) is 0 Å². The molecule has 0 aliphatic carbocycles. The van der Waals surface area contributed by atoms with Gasteiger partial charge in [-0.1, -0.05) is 24.3 Å². The molecule has 24 heavy (non-hydrogen) atoms.